The summed E-state index contributed by atoms with van der Waals surface area (Å²) in [5.41, 5.74) is 0.818. The van der Waals surface area contributed by atoms with Gasteiger partial charge in [-0.15, -0.1) is 0 Å². The van der Waals surface area contributed by atoms with E-state index in [9.17, 15) is 9.90 Å². The third-order valence-corrected chi connectivity index (χ3v) is 2.70. The van der Waals surface area contributed by atoms with Crippen molar-refractivity contribution in [3.05, 3.63) is 29.8 Å². The largest absolute Gasteiger partial charge is 0.490 e. The number of hydrogen-bond acceptors (Lipinski definition) is 3. The molecule has 1 aliphatic carbocycles. The molecular formula is C12H14O4. The molecule has 2 N–H and O–H groups in total. The fourth-order valence-corrected chi connectivity index (χ4v) is 1.56. The summed E-state index contributed by atoms with van der Waals surface area (Å²) in [4.78, 5) is 10.6. The molecule has 3 atom stereocenters. The maximum Gasteiger partial charge on any atom is 0.310 e. The van der Waals surface area contributed by atoms with Gasteiger partial charge in [0.1, 0.15) is 11.9 Å². The van der Waals surface area contributed by atoms with Crippen LogP contribution in [0.4, 0.5) is 0 Å². The molecule has 0 aromatic heterocycles. The van der Waals surface area contributed by atoms with E-state index in [1.54, 1.807) is 31.2 Å². The second kappa shape index (κ2) is 4.14. The van der Waals surface area contributed by atoms with Crippen LogP contribution >= 0.6 is 0 Å². The molecule has 2 unspecified atom stereocenters. The van der Waals surface area contributed by atoms with Crippen LogP contribution in [0, 0.1) is 5.92 Å². The van der Waals surface area contributed by atoms with Crippen LogP contribution in [0.25, 0.3) is 0 Å². The van der Waals surface area contributed by atoms with Gasteiger partial charge in [0.05, 0.1) is 12.0 Å². The minimum absolute atomic E-state index is 0.199. The van der Waals surface area contributed by atoms with Crippen LogP contribution in [-0.4, -0.2) is 22.3 Å². The van der Waals surface area contributed by atoms with E-state index in [1.165, 1.54) is 0 Å². The Morgan fingerprint density at radius 2 is 2.06 bits per heavy atom. The Kier molecular flexibility index (Phi) is 2.83. The number of aliphatic hydroxyl groups is 1. The molecule has 0 heterocycles. The molecule has 86 valence electrons. The highest BCUT2D eigenvalue weighted by atomic mass is 16.5. The molecule has 0 aliphatic heterocycles. The fourth-order valence-electron chi connectivity index (χ4n) is 1.56. The molecule has 4 nitrogen and oxygen atoms in total. The lowest BCUT2D eigenvalue weighted by atomic mass is 10.1. The minimum atomic E-state index is -0.800. The third-order valence-electron chi connectivity index (χ3n) is 2.70. The van der Waals surface area contributed by atoms with Gasteiger partial charge in [-0.3, -0.25) is 4.79 Å². The molecule has 4 heteroatoms. The van der Waals surface area contributed by atoms with Gasteiger partial charge >= 0.3 is 5.97 Å². The van der Waals surface area contributed by atoms with Crippen molar-refractivity contribution < 1.29 is 19.7 Å². The highest BCUT2D eigenvalue weighted by molar-refractivity contribution is 5.74. The molecule has 1 saturated carbocycles. The van der Waals surface area contributed by atoms with E-state index in [2.05, 4.69) is 0 Å². The Balaban J connectivity index is 1.94. The van der Waals surface area contributed by atoms with Gasteiger partial charge in [-0.05, 0) is 24.6 Å². The smallest absolute Gasteiger partial charge is 0.310 e. The van der Waals surface area contributed by atoms with Gasteiger partial charge in [-0.1, -0.05) is 12.1 Å². The number of benzene rings is 1. The number of hydrogen-bond donors (Lipinski definition) is 2. The van der Waals surface area contributed by atoms with E-state index >= 15 is 0 Å². The van der Waals surface area contributed by atoms with Crippen LogP contribution in [0.2, 0.25) is 0 Å². The zero-order valence-corrected chi connectivity index (χ0v) is 8.96. The minimum Gasteiger partial charge on any atom is -0.490 e. The van der Waals surface area contributed by atoms with E-state index in [4.69, 9.17) is 9.84 Å². The number of carbonyl (C=O) groups is 1. The normalized spacial score (nSPS) is 24.9. The van der Waals surface area contributed by atoms with Crippen molar-refractivity contribution in [2.75, 3.05) is 0 Å². The predicted octanol–water partition coefficient (Wildman–Crippen LogP) is 1.59. The summed E-state index contributed by atoms with van der Waals surface area (Å²) < 4.78 is 5.47. The molecule has 1 aliphatic rings. The van der Waals surface area contributed by atoms with E-state index in [-0.39, 0.29) is 12.0 Å². The van der Waals surface area contributed by atoms with Crippen LogP contribution in [0.3, 0.4) is 0 Å². The quantitative estimate of drug-likeness (QED) is 0.811. The Bertz CT molecular complexity index is 383. The second-order valence-corrected chi connectivity index (χ2v) is 4.08. The monoisotopic (exact) mass is 222 g/mol. The molecular weight excluding hydrogens is 208 g/mol. The first-order valence-electron chi connectivity index (χ1n) is 5.25. The van der Waals surface area contributed by atoms with Gasteiger partial charge in [0.25, 0.3) is 0 Å². The highest BCUT2D eigenvalue weighted by Gasteiger charge is 2.45. The zero-order valence-electron chi connectivity index (χ0n) is 8.96. The predicted molar refractivity (Wildman–Crippen MR) is 57.2 cm³/mol. The average Bonchev–Trinajstić information content (AvgIpc) is 2.98. The molecule has 0 saturated heterocycles. The highest BCUT2D eigenvalue weighted by Crippen LogP contribution is 2.35. The molecule has 0 bridgehead atoms. The number of carboxylic acid groups (broad SMARTS) is 1. The molecule has 1 aromatic rings. The van der Waals surface area contributed by atoms with Crippen molar-refractivity contribution in [2.45, 2.75) is 25.6 Å². The Morgan fingerprint density at radius 1 is 1.44 bits per heavy atom. The van der Waals surface area contributed by atoms with E-state index in [0.717, 1.165) is 5.56 Å². The summed E-state index contributed by atoms with van der Waals surface area (Å²) in [6.07, 6.45) is -0.121. The summed E-state index contributed by atoms with van der Waals surface area (Å²) in [6, 6.07) is 7.05. The Morgan fingerprint density at radius 3 is 2.50 bits per heavy atom. The number of aliphatic carboxylic acids is 1. The third kappa shape index (κ3) is 2.33. The first-order valence-corrected chi connectivity index (χ1v) is 5.25. The second-order valence-electron chi connectivity index (χ2n) is 4.08. The van der Waals surface area contributed by atoms with Crippen LogP contribution in [-0.2, 0) is 4.79 Å². The average molecular weight is 222 g/mol. The van der Waals surface area contributed by atoms with Crippen molar-refractivity contribution in [2.24, 2.45) is 5.92 Å². The topological polar surface area (TPSA) is 66.8 Å². The summed E-state index contributed by atoms with van der Waals surface area (Å²) >= 11 is 0. The van der Waals surface area contributed by atoms with Gasteiger partial charge in [-0.2, -0.15) is 0 Å². The van der Waals surface area contributed by atoms with Gasteiger partial charge in [0.15, 0.2) is 0 Å². The van der Waals surface area contributed by atoms with Crippen molar-refractivity contribution in [3.8, 4) is 5.75 Å². The van der Waals surface area contributed by atoms with Crippen molar-refractivity contribution in [1.29, 1.82) is 0 Å². The molecule has 0 amide bonds. The lowest BCUT2D eigenvalue weighted by Gasteiger charge is -2.07. The van der Waals surface area contributed by atoms with E-state index in [0.29, 0.717) is 12.2 Å². The van der Waals surface area contributed by atoms with Crippen LogP contribution < -0.4 is 4.74 Å². The molecule has 0 spiro atoms. The Labute approximate surface area is 93.5 Å². The molecule has 16 heavy (non-hydrogen) atoms. The van der Waals surface area contributed by atoms with Crippen LogP contribution in [0.15, 0.2) is 24.3 Å². The summed E-state index contributed by atoms with van der Waals surface area (Å²) in [7, 11) is 0. The number of rotatable bonds is 4. The standard InChI is InChI=1S/C12H14O4/c1-7(13)8-2-4-9(5-3-8)16-11-6-10(11)12(14)15/h2-5,7,10-11,13H,6H2,1H3,(H,14,15)/t7?,10-,11?/m1/s1. The maximum absolute atomic E-state index is 10.6. The first kappa shape index (κ1) is 11.0. The number of ether oxygens (including phenoxy) is 1. The van der Waals surface area contributed by atoms with Crippen LogP contribution in [0.5, 0.6) is 5.75 Å². The first-order chi connectivity index (χ1) is 7.58. The van der Waals surface area contributed by atoms with Gasteiger partial charge in [0, 0.05) is 6.42 Å². The van der Waals surface area contributed by atoms with Gasteiger partial charge in [-0.25, -0.2) is 0 Å². The Hall–Kier alpha value is -1.55. The van der Waals surface area contributed by atoms with Gasteiger partial charge in [0.2, 0.25) is 0 Å². The maximum atomic E-state index is 10.6. The molecule has 1 fully saturated rings. The number of aliphatic hydroxyl groups excluding tert-OH is 1. The van der Waals surface area contributed by atoms with Gasteiger partial charge < -0.3 is 14.9 Å². The molecule has 1 aromatic carbocycles. The summed E-state index contributed by atoms with van der Waals surface area (Å²) in [5, 5.41) is 18.0. The summed E-state index contributed by atoms with van der Waals surface area (Å²) in [6.45, 7) is 1.69. The molecule has 2 rings (SSSR count). The van der Waals surface area contributed by atoms with Crippen molar-refractivity contribution in [3.63, 3.8) is 0 Å². The lowest BCUT2D eigenvalue weighted by molar-refractivity contribution is -0.139. The SMILES string of the molecule is CC(O)c1ccc(OC2C[C@H]2C(=O)O)cc1. The summed E-state index contributed by atoms with van der Waals surface area (Å²) in [5.74, 6) is -0.514. The lowest BCUT2D eigenvalue weighted by Crippen LogP contribution is -2.07. The van der Waals surface area contributed by atoms with Crippen molar-refractivity contribution in [1.82, 2.24) is 0 Å². The number of carboxylic acids is 1. The van der Waals surface area contributed by atoms with Crippen molar-refractivity contribution >= 4 is 5.97 Å². The zero-order chi connectivity index (χ0) is 11.7. The molecule has 0 radical (unpaired) electrons. The fraction of sp³-hybridized carbons (Fsp3) is 0.417. The van der Waals surface area contributed by atoms with Crippen LogP contribution in [0.1, 0.15) is 25.0 Å². The van der Waals surface area contributed by atoms with E-state index in [1.807, 2.05) is 0 Å². The van der Waals surface area contributed by atoms with E-state index < -0.39 is 12.1 Å².